The van der Waals surface area contributed by atoms with Crippen LogP contribution >= 0.6 is 0 Å². The largest absolute Gasteiger partial charge is 0.417 e. The molecular formula is C20H43NO3Si. The molecule has 1 saturated heterocycles. The highest BCUT2D eigenvalue weighted by molar-refractivity contribution is 6.73. The predicted molar refractivity (Wildman–Crippen MR) is 109 cm³/mol. The van der Waals surface area contributed by atoms with E-state index in [1.807, 2.05) is 0 Å². The molecule has 1 heterocycles. The van der Waals surface area contributed by atoms with E-state index in [1.165, 1.54) is 18.1 Å². The van der Waals surface area contributed by atoms with Gasteiger partial charge in [-0.2, -0.15) is 0 Å². The summed E-state index contributed by atoms with van der Waals surface area (Å²) in [7, 11) is 0.675. The number of hydrogen-bond donors (Lipinski definition) is 0. The molecule has 1 aliphatic heterocycles. The topological polar surface area (TPSA) is 30.9 Å². The van der Waals surface area contributed by atoms with Crippen LogP contribution in [-0.4, -0.2) is 59.0 Å². The predicted octanol–water partition coefficient (Wildman–Crippen LogP) is 4.76. The minimum atomic E-state index is -1.55. The van der Waals surface area contributed by atoms with Gasteiger partial charge in [0, 0.05) is 26.1 Å². The van der Waals surface area contributed by atoms with Gasteiger partial charge in [0.2, 0.25) is 0 Å². The second-order valence-corrected chi connectivity index (χ2v) is 13.0. The summed E-state index contributed by atoms with van der Waals surface area (Å²) in [6, 6.07) is 3.63. The molecule has 25 heavy (non-hydrogen) atoms. The van der Waals surface area contributed by atoms with Crippen molar-refractivity contribution in [1.82, 2.24) is 4.90 Å². The minimum Gasteiger partial charge on any atom is -0.417 e. The average Bonchev–Trinajstić information content (AvgIpc) is 3.04. The van der Waals surface area contributed by atoms with E-state index < -0.39 is 8.32 Å². The fraction of sp³-hybridized carbons (Fsp3) is 1.00. The Morgan fingerprint density at radius 3 is 2.00 bits per heavy atom. The second kappa shape index (κ2) is 11.0. The van der Waals surface area contributed by atoms with Gasteiger partial charge in [-0.15, -0.1) is 0 Å². The Bertz CT molecular complexity index is 347. The smallest absolute Gasteiger partial charge is 0.191 e. The van der Waals surface area contributed by atoms with Crippen LogP contribution in [0.25, 0.3) is 0 Å². The van der Waals surface area contributed by atoms with E-state index in [-0.39, 0.29) is 5.79 Å². The normalized spacial score (nSPS) is 19.1. The molecule has 1 aliphatic rings. The molecule has 0 spiro atoms. The molecule has 0 amide bonds. The summed E-state index contributed by atoms with van der Waals surface area (Å²) in [6.45, 7) is 18.1. The number of ether oxygens (including phenoxy) is 2. The zero-order valence-electron chi connectivity index (χ0n) is 17.9. The quantitative estimate of drug-likeness (QED) is 0.436. The van der Waals surface area contributed by atoms with Crippen LogP contribution in [-0.2, 0) is 13.9 Å². The highest BCUT2D eigenvalue weighted by atomic mass is 28.4. The van der Waals surface area contributed by atoms with Crippen LogP contribution in [0.3, 0.4) is 0 Å². The molecule has 0 aliphatic carbocycles. The summed E-state index contributed by atoms with van der Waals surface area (Å²) >= 11 is 0. The number of hydrogen-bond acceptors (Lipinski definition) is 4. The molecule has 0 bridgehead atoms. The molecule has 0 aromatic carbocycles. The molecule has 1 atom stereocenters. The summed E-state index contributed by atoms with van der Waals surface area (Å²) < 4.78 is 18.7. The van der Waals surface area contributed by atoms with Crippen LogP contribution < -0.4 is 0 Å². The molecular weight excluding hydrogens is 330 g/mol. The van der Waals surface area contributed by atoms with Crippen molar-refractivity contribution in [3.63, 3.8) is 0 Å². The fourth-order valence-corrected chi connectivity index (χ4v) is 6.77. The standard InChI is InChI=1S/C20H43NO3Si/c1-8-20(22-12-13-23-20)14-19(16-21(7)15-18(5)6)17-24-25(9-2,10-3)11-4/h18-19H,8-17H2,1-7H3. The van der Waals surface area contributed by atoms with Gasteiger partial charge in [0.05, 0.1) is 13.2 Å². The van der Waals surface area contributed by atoms with Crippen LogP contribution in [0.15, 0.2) is 0 Å². The first-order chi connectivity index (χ1) is 11.8. The van der Waals surface area contributed by atoms with Gasteiger partial charge in [-0.3, -0.25) is 0 Å². The van der Waals surface area contributed by atoms with Crippen molar-refractivity contribution >= 4 is 8.32 Å². The van der Waals surface area contributed by atoms with E-state index in [0.717, 1.165) is 45.8 Å². The van der Waals surface area contributed by atoms with Crippen molar-refractivity contribution in [2.75, 3.05) is 40.0 Å². The van der Waals surface area contributed by atoms with Crippen molar-refractivity contribution in [1.29, 1.82) is 0 Å². The number of nitrogens with zero attached hydrogens (tertiary/aromatic N) is 1. The average molecular weight is 374 g/mol. The minimum absolute atomic E-state index is 0.387. The van der Waals surface area contributed by atoms with Gasteiger partial charge in [0.15, 0.2) is 14.1 Å². The van der Waals surface area contributed by atoms with Crippen LogP contribution in [0, 0.1) is 11.8 Å². The monoisotopic (exact) mass is 373 g/mol. The van der Waals surface area contributed by atoms with Crippen molar-refractivity contribution in [2.45, 2.75) is 78.3 Å². The molecule has 1 unspecified atom stereocenters. The van der Waals surface area contributed by atoms with Gasteiger partial charge in [-0.1, -0.05) is 41.5 Å². The van der Waals surface area contributed by atoms with Crippen LogP contribution in [0.1, 0.15) is 54.4 Å². The van der Waals surface area contributed by atoms with Crippen LogP contribution in [0.2, 0.25) is 18.1 Å². The van der Waals surface area contributed by atoms with E-state index in [4.69, 9.17) is 13.9 Å². The summed E-state index contributed by atoms with van der Waals surface area (Å²) in [5, 5.41) is 0. The summed E-state index contributed by atoms with van der Waals surface area (Å²) in [5.41, 5.74) is 0. The number of rotatable bonds is 13. The molecule has 0 N–H and O–H groups in total. The van der Waals surface area contributed by atoms with E-state index in [0.29, 0.717) is 11.8 Å². The first-order valence-electron chi connectivity index (χ1n) is 10.4. The van der Waals surface area contributed by atoms with Crippen molar-refractivity contribution in [3.8, 4) is 0 Å². The lowest BCUT2D eigenvalue weighted by molar-refractivity contribution is -0.174. The maximum absolute atomic E-state index is 6.65. The molecule has 0 saturated carbocycles. The highest BCUT2D eigenvalue weighted by Gasteiger charge is 2.38. The van der Waals surface area contributed by atoms with Gasteiger partial charge in [-0.25, -0.2) is 0 Å². The second-order valence-electron chi connectivity index (χ2n) is 8.20. The molecule has 4 nitrogen and oxygen atoms in total. The van der Waals surface area contributed by atoms with Gasteiger partial charge < -0.3 is 18.8 Å². The lowest BCUT2D eigenvalue weighted by Crippen LogP contribution is -2.42. The van der Waals surface area contributed by atoms with Crippen molar-refractivity contribution in [2.24, 2.45) is 11.8 Å². The zero-order chi connectivity index (χ0) is 18.9. The van der Waals surface area contributed by atoms with Gasteiger partial charge in [0.25, 0.3) is 0 Å². The summed E-state index contributed by atoms with van der Waals surface area (Å²) in [5.74, 6) is 0.751. The van der Waals surface area contributed by atoms with Crippen molar-refractivity contribution < 1.29 is 13.9 Å². The summed E-state index contributed by atoms with van der Waals surface area (Å²) in [6.07, 6.45) is 1.85. The van der Waals surface area contributed by atoms with Crippen LogP contribution in [0.5, 0.6) is 0 Å². The first-order valence-corrected chi connectivity index (χ1v) is 13.0. The van der Waals surface area contributed by atoms with E-state index in [9.17, 15) is 0 Å². The fourth-order valence-electron chi connectivity index (χ4n) is 4.07. The Kier molecular flexibility index (Phi) is 10.2. The van der Waals surface area contributed by atoms with Gasteiger partial charge in [0.1, 0.15) is 0 Å². The third-order valence-corrected chi connectivity index (χ3v) is 10.4. The van der Waals surface area contributed by atoms with E-state index in [1.54, 1.807) is 0 Å². The first kappa shape index (κ1) is 23.1. The molecule has 1 fully saturated rings. The molecule has 1 rings (SSSR count). The molecule has 150 valence electrons. The lowest BCUT2D eigenvalue weighted by atomic mass is 9.97. The summed E-state index contributed by atoms with van der Waals surface area (Å²) in [4.78, 5) is 2.45. The lowest BCUT2D eigenvalue weighted by Gasteiger charge is -2.36. The Morgan fingerprint density at radius 2 is 1.56 bits per heavy atom. The molecule has 0 aromatic heterocycles. The van der Waals surface area contributed by atoms with Gasteiger partial charge >= 0.3 is 0 Å². The maximum atomic E-state index is 6.65. The Hall–Kier alpha value is 0.0569. The third-order valence-electron chi connectivity index (χ3n) is 5.76. The zero-order valence-corrected chi connectivity index (χ0v) is 18.9. The Balaban J connectivity index is 2.76. The van der Waals surface area contributed by atoms with Gasteiger partial charge in [-0.05, 0) is 43.4 Å². The molecule has 5 heteroatoms. The molecule has 0 aromatic rings. The third kappa shape index (κ3) is 7.29. The van der Waals surface area contributed by atoms with Crippen LogP contribution in [0.4, 0.5) is 0 Å². The SMILES string of the molecule is CCC1(CC(CO[Si](CC)(CC)CC)CN(C)CC(C)C)OCCO1. The van der Waals surface area contributed by atoms with Crippen molar-refractivity contribution in [3.05, 3.63) is 0 Å². The highest BCUT2D eigenvalue weighted by Crippen LogP contribution is 2.32. The Morgan fingerprint density at radius 1 is 1.00 bits per heavy atom. The van der Waals surface area contributed by atoms with E-state index in [2.05, 4.69) is 53.5 Å². The van der Waals surface area contributed by atoms with E-state index >= 15 is 0 Å². The molecule has 0 radical (unpaired) electrons. The Labute approximate surface area is 157 Å². The maximum Gasteiger partial charge on any atom is 0.191 e.